The van der Waals surface area contributed by atoms with Crippen LogP contribution < -0.4 is 5.32 Å². The third-order valence-electron chi connectivity index (χ3n) is 5.36. The van der Waals surface area contributed by atoms with Crippen molar-refractivity contribution in [3.05, 3.63) is 40.4 Å². The van der Waals surface area contributed by atoms with Crippen LogP contribution in [0.1, 0.15) is 55.7 Å². The van der Waals surface area contributed by atoms with Gasteiger partial charge in [-0.05, 0) is 56.4 Å². The number of benzene rings is 1. The van der Waals surface area contributed by atoms with Crippen LogP contribution in [0.25, 0.3) is 5.69 Å². The lowest BCUT2D eigenvalue weighted by Gasteiger charge is -2.30. The van der Waals surface area contributed by atoms with Crippen molar-refractivity contribution < 1.29 is 9.84 Å². The van der Waals surface area contributed by atoms with Crippen molar-refractivity contribution >= 4 is 24.0 Å². The highest BCUT2D eigenvalue weighted by Crippen LogP contribution is 2.36. The van der Waals surface area contributed by atoms with Crippen molar-refractivity contribution in [3.63, 3.8) is 0 Å². The van der Waals surface area contributed by atoms with Crippen LogP contribution in [0, 0.1) is 0 Å². The number of ether oxygens (including phenoxy) is 1. The van der Waals surface area contributed by atoms with Gasteiger partial charge in [-0.3, -0.25) is 4.57 Å². The molecule has 0 spiro atoms. The fourth-order valence-electron chi connectivity index (χ4n) is 4.02. The van der Waals surface area contributed by atoms with Gasteiger partial charge in [0, 0.05) is 17.5 Å². The van der Waals surface area contributed by atoms with Crippen LogP contribution in [0.4, 0.5) is 0 Å². The van der Waals surface area contributed by atoms with E-state index in [-0.39, 0.29) is 31.2 Å². The lowest BCUT2D eigenvalue weighted by Crippen LogP contribution is -2.27. The van der Waals surface area contributed by atoms with Crippen LogP contribution in [0.5, 0.6) is 0 Å². The Balaban J connectivity index is 0.00000210. The van der Waals surface area contributed by atoms with E-state index >= 15 is 0 Å². The average Bonchev–Trinajstić information content (AvgIpc) is 2.98. The summed E-state index contributed by atoms with van der Waals surface area (Å²) in [6.07, 6.45) is 4.16. The maximum atomic E-state index is 9.18. The molecule has 1 aromatic heterocycles. The molecule has 1 aliphatic carbocycles. The van der Waals surface area contributed by atoms with Crippen LogP contribution in [-0.2, 0) is 17.8 Å². The molecule has 1 aliphatic heterocycles. The van der Waals surface area contributed by atoms with Crippen molar-refractivity contribution in [3.8, 4) is 5.69 Å². The Morgan fingerprint density at radius 2 is 2.04 bits per heavy atom. The number of rotatable bonds is 4. The second-order valence-electron chi connectivity index (χ2n) is 7.29. The number of fused-ring (bicyclic) bond motifs is 3. The predicted molar refractivity (Wildman–Crippen MR) is 107 cm³/mol. The van der Waals surface area contributed by atoms with Crippen molar-refractivity contribution in [2.45, 2.75) is 63.8 Å². The van der Waals surface area contributed by atoms with E-state index in [1.165, 1.54) is 5.56 Å². The molecule has 0 bridgehead atoms. The Hall–Kier alpha value is -1.18. The molecular formula is C19H26Cl2N4O2. The van der Waals surface area contributed by atoms with Crippen molar-refractivity contribution in [2.75, 3.05) is 6.61 Å². The molecule has 6 nitrogen and oxygen atoms in total. The highest BCUT2D eigenvalue weighted by molar-refractivity contribution is 6.30. The number of hydrogen-bond acceptors (Lipinski definition) is 5. The number of nitrogens with zero attached hydrogens (tertiary/aromatic N) is 3. The molecule has 148 valence electrons. The minimum absolute atomic E-state index is 0. The summed E-state index contributed by atoms with van der Waals surface area (Å²) in [5.74, 6) is 2.37. The van der Waals surface area contributed by atoms with E-state index in [0.29, 0.717) is 12.5 Å². The molecule has 2 aliphatic rings. The second-order valence-corrected chi connectivity index (χ2v) is 7.73. The van der Waals surface area contributed by atoms with Gasteiger partial charge in [0.05, 0.1) is 31.0 Å². The summed E-state index contributed by atoms with van der Waals surface area (Å²) in [5, 5.41) is 22.3. The lowest BCUT2D eigenvalue weighted by atomic mass is 9.86. The van der Waals surface area contributed by atoms with Gasteiger partial charge in [0.25, 0.3) is 0 Å². The average molecular weight is 413 g/mol. The largest absolute Gasteiger partial charge is 0.394 e. The van der Waals surface area contributed by atoms with Crippen molar-refractivity contribution in [1.29, 1.82) is 0 Å². The van der Waals surface area contributed by atoms with E-state index in [4.69, 9.17) is 16.3 Å². The quantitative estimate of drug-likeness (QED) is 0.804. The van der Waals surface area contributed by atoms with Gasteiger partial charge in [-0.25, -0.2) is 0 Å². The van der Waals surface area contributed by atoms with Crippen LogP contribution in [0.15, 0.2) is 18.2 Å². The van der Waals surface area contributed by atoms with Gasteiger partial charge in [-0.1, -0.05) is 11.6 Å². The number of hydrogen-bond donors (Lipinski definition) is 2. The van der Waals surface area contributed by atoms with Crippen molar-refractivity contribution in [2.24, 2.45) is 0 Å². The zero-order chi connectivity index (χ0) is 18.1. The summed E-state index contributed by atoms with van der Waals surface area (Å²) in [6.45, 7) is 3.47. The SMILES string of the molecule is C[C@@H](CO)OC1CCC(c2nnc3n2-c2ccc(Cl)cc2CNC3)CC1.Cl. The summed E-state index contributed by atoms with van der Waals surface area (Å²) in [6, 6.07) is 6.02. The van der Waals surface area contributed by atoms with Gasteiger partial charge < -0.3 is 15.2 Å². The van der Waals surface area contributed by atoms with E-state index in [0.717, 1.165) is 54.6 Å². The number of aliphatic hydroxyl groups excluding tert-OH is 1. The molecule has 2 heterocycles. The molecule has 27 heavy (non-hydrogen) atoms. The second kappa shape index (κ2) is 8.88. The molecular weight excluding hydrogens is 387 g/mol. The minimum atomic E-state index is -0.0939. The molecule has 1 saturated carbocycles. The van der Waals surface area contributed by atoms with Gasteiger partial charge in [-0.15, -0.1) is 22.6 Å². The first kappa shape index (κ1) is 20.6. The van der Waals surface area contributed by atoms with Crippen LogP contribution >= 0.6 is 24.0 Å². The Morgan fingerprint density at radius 1 is 1.26 bits per heavy atom. The van der Waals surface area contributed by atoms with Crippen LogP contribution in [-0.4, -0.2) is 38.7 Å². The predicted octanol–water partition coefficient (Wildman–Crippen LogP) is 3.37. The van der Waals surface area contributed by atoms with Gasteiger partial charge in [0.15, 0.2) is 5.82 Å². The van der Waals surface area contributed by atoms with E-state index in [1.807, 2.05) is 19.1 Å². The first-order valence-electron chi connectivity index (χ1n) is 9.35. The topological polar surface area (TPSA) is 72.2 Å². The smallest absolute Gasteiger partial charge is 0.151 e. The maximum Gasteiger partial charge on any atom is 0.151 e. The zero-order valence-electron chi connectivity index (χ0n) is 15.4. The standard InChI is InChI=1S/C19H25ClN4O2.ClH/c1-12(11-25)26-16-5-2-13(3-6-16)19-23-22-18-10-21-9-14-8-15(20)4-7-17(14)24(18)19;/h4,7-8,12-13,16,21,25H,2-3,5-6,9-11H2,1H3;1H/t12-,13?,16?;/m0./s1. The third kappa shape index (κ3) is 4.30. The number of nitrogens with one attached hydrogen (secondary N) is 1. The van der Waals surface area contributed by atoms with Crippen LogP contribution in [0.3, 0.4) is 0 Å². The number of aliphatic hydroxyl groups is 1. The number of halogens is 2. The lowest BCUT2D eigenvalue weighted by molar-refractivity contribution is -0.0460. The Bertz CT molecular complexity index is 775. The highest BCUT2D eigenvalue weighted by Gasteiger charge is 2.30. The fraction of sp³-hybridized carbons (Fsp3) is 0.579. The van der Waals surface area contributed by atoms with E-state index < -0.39 is 0 Å². The van der Waals surface area contributed by atoms with E-state index in [1.54, 1.807) is 0 Å². The molecule has 2 aromatic rings. The van der Waals surface area contributed by atoms with Gasteiger partial charge >= 0.3 is 0 Å². The van der Waals surface area contributed by atoms with Gasteiger partial charge in [-0.2, -0.15) is 0 Å². The molecule has 4 rings (SSSR count). The first-order valence-corrected chi connectivity index (χ1v) is 9.73. The van der Waals surface area contributed by atoms with Crippen LogP contribution in [0.2, 0.25) is 5.02 Å². The molecule has 0 unspecified atom stereocenters. The molecule has 8 heteroatoms. The Labute approximate surface area is 170 Å². The molecule has 2 N–H and O–H groups in total. The fourth-order valence-corrected chi connectivity index (χ4v) is 4.22. The van der Waals surface area contributed by atoms with Crippen molar-refractivity contribution in [1.82, 2.24) is 20.1 Å². The summed E-state index contributed by atoms with van der Waals surface area (Å²) >= 11 is 6.19. The summed E-state index contributed by atoms with van der Waals surface area (Å²) in [4.78, 5) is 0. The molecule has 1 atom stereocenters. The number of aromatic nitrogens is 3. The summed E-state index contributed by atoms with van der Waals surface area (Å²) < 4.78 is 8.11. The molecule has 0 radical (unpaired) electrons. The summed E-state index contributed by atoms with van der Waals surface area (Å²) in [5.41, 5.74) is 2.30. The highest BCUT2D eigenvalue weighted by atomic mass is 35.5. The Kier molecular flexibility index (Phi) is 6.76. The molecule has 0 saturated heterocycles. The molecule has 1 aromatic carbocycles. The summed E-state index contributed by atoms with van der Waals surface area (Å²) in [7, 11) is 0. The maximum absolute atomic E-state index is 9.18. The van der Waals surface area contributed by atoms with Gasteiger partial charge in [0.2, 0.25) is 0 Å². The van der Waals surface area contributed by atoms with Gasteiger partial charge in [0.1, 0.15) is 5.82 Å². The van der Waals surface area contributed by atoms with E-state index in [2.05, 4.69) is 26.1 Å². The monoisotopic (exact) mass is 412 g/mol. The zero-order valence-corrected chi connectivity index (χ0v) is 17.0. The normalized spacial score (nSPS) is 22.9. The minimum Gasteiger partial charge on any atom is -0.394 e. The third-order valence-corrected chi connectivity index (χ3v) is 5.59. The van der Waals surface area contributed by atoms with E-state index in [9.17, 15) is 5.11 Å². The molecule has 0 amide bonds. The first-order chi connectivity index (χ1) is 12.7. The molecule has 1 fully saturated rings. The Morgan fingerprint density at radius 3 is 2.78 bits per heavy atom.